The van der Waals surface area contributed by atoms with E-state index in [2.05, 4.69) is 6.58 Å². The third-order valence-electron chi connectivity index (χ3n) is 2.02. The van der Waals surface area contributed by atoms with Crippen LogP contribution in [0, 0.1) is 0 Å². The van der Waals surface area contributed by atoms with Crippen molar-refractivity contribution in [2.75, 3.05) is 0 Å². The summed E-state index contributed by atoms with van der Waals surface area (Å²) < 4.78 is 0. The van der Waals surface area contributed by atoms with Gasteiger partial charge in [-0.05, 0) is 25.7 Å². The van der Waals surface area contributed by atoms with Crippen LogP contribution in [0.25, 0.3) is 0 Å². The van der Waals surface area contributed by atoms with Crippen LogP contribution in [0.4, 0.5) is 0 Å². The maximum absolute atomic E-state index is 9.34. The highest BCUT2D eigenvalue weighted by Crippen LogP contribution is 2.08. The molecule has 2 atom stereocenters. The van der Waals surface area contributed by atoms with Crippen molar-refractivity contribution in [3.8, 4) is 0 Å². The zero-order valence-corrected chi connectivity index (χ0v) is 7.87. The quantitative estimate of drug-likeness (QED) is 0.454. The predicted molar refractivity (Wildman–Crippen MR) is 51.0 cm³/mol. The van der Waals surface area contributed by atoms with Crippen LogP contribution in [0.3, 0.4) is 0 Å². The van der Waals surface area contributed by atoms with Crippen molar-refractivity contribution in [2.45, 2.75) is 51.2 Å². The molecule has 0 aliphatic rings. The zero-order valence-electron chi connectivity index (χ0n) is 7.87. The van der Waals surface area contributed by atoms with Gasteiger partial charge in [0.25, 0.3) is 0 Å². The molecule has 0 heterocycles. The van der Waals surface area contributed by atoms with Crippen molar-refractivity contribution in [2.24, 2.45) is 0 Å². The molecule has 0 amide bonds. The summed E-state index contributed by atoms with van der Waals surface area (Å²) in [6.07, 6.45) is 5.12. The van der Waals surface area contributed by atoms with Crippen LogP contribution in [0.2, 0.25) is 0 Å². The van der Waals surface area contributed by atoms with E-state index in [0.717, 1.165) is 19.3 Å². The maximum Gasteiger partial charge on any atom is 0.0799 e. The Morgan fingerprint density at radius 1 is 1.25 bits per heavy atom. The van der Waals surface area contributed by atoms with Crippen LogP contribution < -0.4 is 0 Å². The Kier molecular flexibility index (Phi) is 7.11. The van der Waals surface area contributed by atoms with Gasteiger partial charge >= 0.3 is 0 Å². The maximum atomic E-state index is 9.34. The van der Waals surface area contributed by atoms with Gasteiger partial charge in [0.15, 0.2) is 0 Å². The monoisotopic (exact) mass is 172 g/mol. The Balaban J connectivity index is 3.30. The van der Waals surface area contributed by atoms with E-state index in [4.69, 9.17) is 0 Å². The molecule has 0 saturated carbocycles. The second-order valence-corrected chi connectivity index (χ2v) is 3.12. The highest BCUT2D eigenvalue weighted by Gasteiger charge is 2.12. The molecule has 72 valence electrons. The summed E-state index contributed by atoms with van der Waals surface area (Å²) in [6, 6.07) is 0. The van der Waals surface area contributed by atoms with Crippen molar-refractivity contribution in [1.82, 2.24) is 0 Å². The lowest BCUT2D eigenvalue weighted by atomic mass is 10.0. The van der Waals surface area contributed by atoms with Crippen molar-refractivity contribution < 1.29 is 10.2 Å². The summed E-state index contributed by atoms with van der Waals surface area (Å²) in [5, 5.41) is 18.6. The molecule has 2 unspecified atom stereocenters. The van der Waals surface area contributed by atoms with E-state index in [-0.39, 0.29) is 0 Å². The standard InChI is InChI=1S/C10H20O2/c1-3-5-6-7-8-10(12)9(11)4-2/h3,9-12H,1,4-8H2,2H3. The number of unbranched alkanes of at least 4 members (excludes halogenated alkanes) is 2. The lowest BCUT2D eigenvalue weighted by Crippen LogP contribution is -2.24. The van der Waals surface area contributed by atoms with E-state index in [1.165, 1.54) is 0 Å². The summed E-state index contributed by atoms with van der Waals surface area (Å²) in [5.74, 6) is 0. The number of rotatable bonds is 7. The lowest BCUT2D eigenvalue weighted by molar-refractivity contribution is 0.0115. The van der Waals surface area contributed by atoms with Gasteiger partial charge in [0.2, 0.25) is 0 Å². The molecule has 2 N–H and O–H groups in total. The van der Waals surface area contributed by atoms with Crippen molar-refractivity contribution >= 4 is 0 Å². The summed E-state index contributed by atoms with van der Waals surface area (Å²) in [7, 11) is 0. The Labute approximate surface area is 74.9 Å². The molecule has 12 heavy (non-hydrogen) atoms. The van der Waals surface area contributed by atoms with Gasteiger partial charge in [-0.3, -0.25) is 0 Å². The number of allylic oxidation sites excluding steroid dienone is 1. The Bertz CT molecular complexity index is 112. The van der Waals surface area contributed by atoms with Gasteiger partial charge in [0.05, 0.1) is 12.2 Å². The topological polar surface area (TPSA) is 40.5 Å². The molecule has 0 aromatic heterocycles. The van der Waals surface area contributed by atoms with E-state index < -0.39 is 12.2 Å². The normalized spacial score (nSPS) is 15.6. The van der Waals surface area contributed by atoms with E-state index >= 15 is 0 Å². The van der Waals surface area contributed by atoms with E-state index in [0.29, 0.717) is 12.8 Å². The van der Waals surface area contributed by atoms with Crippen molar-refractivity contribution in [3.05, 3.63) is 12.7 Å². The molecule has 0 aromatic rings. The number of hydrogen-bond acceptors (Lipinski definition) is 2. The zero-order chi connectivity index (χ0) is 9.40. The fraction of sp³-hybridized carbons (Fsp3) is 0.800. The molecular formula is C10H20O2. The highest BCUT2D eigenvalue weighted by molar-refractivity contribution is 4.68. The van der Waals surface area contributed by atoms with Crippen LogP contribution >= 0.6 is 0 Å². The van der Waals surface area contributed by atoms with Gasteiger partial charge in [-0.25, -0.2) is 0 Å². The molecule has 0 bridgehead atoms. The van der Waals surface area contributed by atoms with Gasteiger partial charge in [-0.2, -0.15) is 0 Å². The Morgan fingerprint density at radius 3 is 2.42 bits per heavy atom. The van der Waals surface area contributed by atoms with Gasteiger partial charge in [0.1, 0.15) is 0 Å². The van der Waals surface area contributed by atoms with Gasteiger partial charge < -0.3 is 10.2 Å². The molecule has 0 radical (unpaired) electrons. The van der Waals surface area contributed by atoms with Gasteiger partial charge in [0, 0.05) is 0 Å². The number of aliphatic hydroxyl groups excluding tert-OH is 2. The molecule has 0 aliphatic carbocycles. The van der Waals surface area contributed by atoms with Gasteiger partial charge in [-0.1, -0.05) is 19.4 Å². The molecule has 0 aromatic carbocycles. The molecule has 0 aliphatic heterocycles. The molecule has 0 fully saturated rings. The van der Waals surface area contributed by atoms with Crippen molar-refractivity contribution in [3.63, 3.8) is 0 Å². The average molecular weight is 172 g/mol. The van der Waals surface area contributed by atoms with Crippen molar-refractivity contribution in [1.29, 1.82) is 0 Å². The first-order valence-corrected chi connectivity index (χ1v) is 4.69. The second-order valence-electron chi connectivity index (χ2n) is 3.12. The SMILES string of the molecule is C=CCCCCC(O)C(O)CC. The van der Waals surface area contributed by atoms with Crippen LogP contribution in [-0.4, -0.2) is 22.4 Å². The highest BCUT2D eigenvalue weighted by atomic mass is 16.3. The molecule has 2 nitrogen and oxygen atoms in total. The van der Waals surface area contributed by atoms with Crippen LogP contribution in [-0.2, 0) is 0 Å². The van der Waals surface area contributed by atoms with E-state index in [9.17, 15) is 10.2 Å². The molecule has 0 spiro atoms. The first kappa shape index (κ1) is 11.7. The fourth-order valence-corrected chi connectivity index (χ4v) is 1.11. The minimum absolute atomic E-state index is 0.542. The lowest BCUT2D eigenvalue weighted by Gasteiger charge is -2.15. The summed E-state index contributed by atoms with van der Waals surface area (Å²) >= 11 is 0. The molecule has 0 rings (SSSR count). The fourth-order valence-electron chi connectivity index (χ4n) is 1.11. The smallest absolute Gasteiger partial charge is 0.0799 e. The van der Waals surface area contributed by atoms with Gasteiger partial charge in [-0.15, -0.1) is 6.58 Å². The molecule has 2 heteroatoms. The Morgan fingerprint density at radius 2 is 1.92 bits per heavy atom. The van der Waals surface area contributed by atoms with Crippen LogP contribution in [0.1, 0.15) is 39.0 Å². The summed E-state index contributed by atoms with van der Waals surface area (Å²) in [6.45, 7) is 5.49. The third-order valence-corrected chi connectivity index (χ3v) is 2.02. The second kappa shape index (κ2) is 7.32. The number of aliphatic hydroxyl groups is 2. The van der Waals surface area contributed by atoms with Crippen LogP contribution in [0.5, 0.6) is 0 Å². The summed E-state index contributed by atoms with van der Waals surface area (Å²) in [4.78, 5) is 0. The Hall–Kier alpha value is -0.340. The summed E-state index contributed by atoms with van der Waals surface area (Å²) in [5.41, 5.74) is 0. The van der Waals surface area contributed by atoms with Crippen LogP contribution in [0.15, 0.2) is 12.7 Å². The molecule has 0 saturated heterocycles. The first-order valence-electron chi connectivity index (χ1n) is 4.69. The largest absolute Gasteiger partial charge is 0.390 e. The predicted octanol–water partition coefficient (Wildman–Crippen LogP) is 1.86. The third kappa shape index (κ3) is 5.33. The van der Waals surface area contributed by atoms with E-state index in [1.807, 2.05) is 13.0 Å². The minimum atomic E-state index is -0.547. The minimum Gasteiger partial charge on any atom is -0.390 e. The average Bonchev–Trinajstić information content (AvgIpc) is 2.10. The number of hydrogen-bond donors (Lipinski definition) is 2. The first-order chi connectivity index (χ1) is 5.72. The van der Waals surface area contributed by atoms with E-state index in [1.54, 1.807) is 0 Å². The molecular weight excluding hydrogens is 152 g/mol.